The number of aromatic amines is 1. The second-order valence-corrected chi connectivity index (χ2v) is 5.05. The lowest BCUT2D eigenvalue weighted by Crippen LogP contribution is -2.29. The molecule has 2 heterocycles. The predicted octanol–water partition coefficient (Wildman–Crippen LogP) is 2.17. The van der Waals surface area contributed by atoms with E-state index in [0.29, 0.717) is 28.3 Å². The summed E-state index contributed by atoms with van der Waals surface area (Å²) in [6.45, 7) is 1.58. The maximum absolute atomic E-state index is 12.1. The summed E-state index contributed by atoms with van der Waals surface area (Å²) in [5.41, 5.74) is 0.421. The molecule has 0 spiro atoms. The van der Waals surface area contributed by atoms with Crippen LogP contribution in [0.2, 0.25) is 10.2 Å². The lowest BCUT2D eigenvalue weighted by Gasteiger charge is -2.15. The number of halogens is 2. The average molecular weight is 277 g/mol. The molecule has 17 heavy (non-hydrogen) atoms. The summed E-state index contributed by atoms with van der Waals surface area (Å²) in [4.78, 5) is 16.6. The molecule has 6 heteroatoms. The fourth-order valence-corrected chi connectivity index (χ4v) is 2.44. The molecule has 1 aromatic rings. The molecule has 4 nitrogen and oxygen atoms in total. The van der Waals surface area contributed by atoms with Gasteiger partial charge in [-0.2, -0.15) is 0 Å². The zero-order chi connectivity index (χ0) is 12.4. The molecule has 94 valence electrons. The van der Waals surface area contributed by atoms with Gasteiger partial charge in [-0.1, -0.05) is 23.2 Å². The van der Waals surface area contributed by atoms with Crippen molar-refractivity contribution < 1.29 is 9.90 Å². The van der Waals surface area contributed by atoms with Gasteiger partial charge in [0.2, 0.25) is 0 Å². The van der Waals surface area contributed by atoms with Crippen LogP contribution in [-0.2, 0) is 0 Å². The number of nitrogens with zero attached hydrogens (tertiary/aromatic N) is 1. The molecule has 2 rings (SSSR count). The third kappa shape index (κ3) is 2.76. The van der Waals surface area contributed by atoms with Crippen LogP contribution in [0, 0.1) is 5.92 Å². The Hall–Kier alpha value is -0.710. The fourth-order valence-electron chi connectivity index (χ4n) is 2.12. The Balaban J connectivity index is 2.02. The summed E-state index contributed by atoms with van der Waals surface area (Å²) >= 11 is 11.6. The molecule has 0 saturated carbocycles. The van der Waals surface area contributed by atoms with E-state index in [4.69, 9.17) is 28.3 Å². The van der Waals surface area contributed by atoms with Crippen molar-refractivity contribution in [3.05, 3.63) is 21.9 Å². The highest BCUT2D eigenvalue weighted by Gasteiger charge is 2.27. The molecule has 0 bridgehead atoms. The van der Waals surface area contributed by atoms with Crippen LogP contribution in [-0.4, -0.2) is 40.6 Å². The Morgan fingerprint density at radius 2 is 2.35 bits per heavy atom. The largest absolute Gasteiger partial charge is 0.396 e. The first-order chi connectivity index (χ1) is 8.11. The Labute approximate surface area is 110 Å². The predicted molar refractivity (Wildman–Crippen MR) is 66.5 cm³/mol. The van der Waals surface area contributed by atoms with Crippen molar-refractivity contribution >= 4 is 29.1 Å². The number of amides is 1. The second-order valence-electron chi connectivity index (χ2n) is 4.26. The molecular weight excluding hydrogens is 263 g/mol. The maximum atomic E-state index is 12.1. The van der Waals surface area contributed by atoms with Crippen LogP contribution < -0.4 is 0 Å². The van der Waals surface area contributed by atoms with Gasteiger partial charge in [-0.25, -0.2) is 0 Å². The Morgan fingerprint density at radius 1 is 1.59 bits per heavy atom. The van der Waals surface area contributed by atoms with Gasteiger partial charge in [0.05, 0.1) is 5.02 Å². The first kappa shape index (κ1) is 12.7. The molecule has 1 aliphatic heterocycles. The molecule has 2 N–H and O–H groups in total. The number of aliphatic hydroxyl groups excluding tert-OH is 1. The number of rotatable bonds is 3. The van der Waals surface area contributed by atoms with E-state index >= 15 is 0 Å². The van der Waals surface area contributed by atoms with Crippen molar-refractivity contribution in [3.63, 3.8) is 0 Å². The van der Waals surface area contributed by atoms with Crippen molar-refractivity contribution in [2.45, 2.75) is 12.8 Å². The quantitative estimate of drug-likeness (QED) is 0.889. The number of aromatic nitrogens is 1. The van der Waals surface area contributed by atoms with E-state index in [2.05, 4.69) is 4.98 Å². The number of H-pyrrole nitrogens is 1. The van der Waals surface area contributed by atoms with Crippen molar-refractivity contribution in [3.8, 4) is 0 Å². The lowest BCUT2D eigenvalue weighted by atomic mass is 10.1. The van der Waals surface area contributed by atoms with Gasteiger partial charge >= 0.3 is 0 Å². The first-order valence-corrected chi connectivity index (χ1v) is 6.31. The molecule has 0 aromatic carbocycles. The third-order valence-electron chi connectivity index (χ3n) is 3.07. The Morgan fingerprint density at radius 3 is 2.94 bits per heavy atom. The summed E-state index contributed by atoms with van der Waals surface area (Å²) in [6.07, 6.45) is 1.69. The summed E-state index contributed by atoms with van der Waals surface area (Å²) < 4.78 is 0. The zero-order valence-electron chi connectivity index (χ0n) is 9.25. The van der Waals surface area contributed by atoms with Crippen LogP contribution in [0.4, 0.5) is 0 Å². The van der Waals surface area contributed by atoms with Crippen LogP contribution in [0.5, 0.6) is 0 Å². The minimum Gasteiger partial charge on any atom is -0.396 e. The number of aliphatic hydroxyl groups is 1. The number of carbonyl (C=O) groups is 1. The van der Waals surface area contributed by atoms with Gasteiger partial charge in [0, 0.05) is 19.7 Å². The van der Waals surface area contributed by atoms with Gasteiger partial charge in [0.25, 0.3) is 5.91 Å². The number of hydrogen-bond donors (Lipinski definition) is 2. The van der Waals surface area contributed by atoms with Gasteiger partial charge < -0.3 is 15.0 Å². The first-order valence-electron chi connectivity index (χ1n) is 5.56. The number of likely N-dealkylation sites (tertiary alicyclic amines) is 1. The van der Waals surface area contributed by atoms with Gasteiger partial charge in [0.1, 0.15) is 10.8 Å². The van der Waals surface area contributed by atoms with Crippen molar-refractivity contribution in [1.29, 1.82) is 0 Å². The van der Waals surface area contributed by atoms with Crippen LogP contribution >= 0.6 is 23.2 Å². The van der Waals surface area contributed by atoms with Crippen LogP contribution in [0.15, 0.2) is 6.07 Å². The van der Waals surface area contributed by atoms with E-state index < -0.39 is 0 Å². The molecule has 1 saturated heterocycles. The van der Waals surface area contributed by atoms with E-state index in [1.165, 1.54) is 0 Å². The van der Waals surface area contributed by atoms with Crippen molar-refractivity contribution in [1.82, 2.24) is 9.88 Å². The normalized spacial score (nSPS) is 19.9. The zero-order valence-corrected chi connectivity index (χ0v) is 10.8. The van der Waals surface area contributed by atoms with E-state index in [1.807, 2.05) is 0 Å². The van der Waals surface area contributed by atoms with Gasteiger partial charge in [-0.15, -0.1) is 0 Å². The van der Waals surface area contributed by atoms with E-state index in [0.717, 1.165) is 19.4 Å². The topological polar surface area (TPSA) is 56.3 Å². The lowest BCUT2D eigenvalue weighted by molar-refractivity contribution is 0.0779. The van der Waals surface area contributed by atoms with Crippen LogP contribution in [0.25, 0.3) is 0 Å². The van der Waals surface area contributed by atoms with Gasteiger partial charge in [-0.05, 0) is 24.8 Å². The van der Waals surface area contributed by atoms with Crippen LogP contribution in [0.1, 0.15) is 23.3 Å². The summed E-state index contributed by atoms with van der Waals surface area (Å²) in [5, 5.41) is 9.52. The van der Waals surface area contributed by atoms with E-state index in [-0.39, 0.29) is 12.5 Å². The summed E-state index contributed by atoms with van der Waals surface area (Å²) in [6, 6.07) is 1.55. The Kier molecular flexibility index (Phi) is 3.97. The standard InChI is InChI=1S/C11H14Cl2N2O2/c12-8-5-9(14-10(8)13)11(17)15-3-1-7(6-15)2-4-16/h5,7,14,16H,1-4,6H2. The molecule has 1 aliphatic rings. The highest BCUT2D eigenvalue weighted by molar-refractivity contribution is 6.41. The molecule has 1 fully saturated rings. The van der Waals surface area contributed by atoms with Gasteiger partial charge in [-0.3, -0.25) is 4.79 Å². The number of carbonyl (C=O) groups excluding carboxylic acids is 1. The summed E-state index contributed by atoms with van der Waals surface area (Å²) in [5.74, 6) is 0.309. The Bertz CT molecular complexity index is 400. The number of nitrogens with one attached hydrogen (secondary N) is 1. The average Bonchev–Trinajstić information content (AvgIpc) is 2.87. The van der Waals surface area contributed by atoms with E-state index in [1.54, 1.807) is 11.0 Å². The monoisotopic (exact) mass is 276 g/mol. The molecule has 1 aromatic heterocycles. The second kappa shape index (κ2) is 5.29. The van der Waals surface area contributed by atoms with Crippen molar-refractivity contribution in [2.24, 2.45) is 5.92 Å². The molecule has 1 unspecified atom stereocenters. The maximum Gasteiger partial charge on any atom is 0.270 e. The minimum absolute atomic E-state index is 0.0840. The highest BCUT2D eigenvalue weighted by atomic mass is 35.5. The molecule has 1 atom stereocenters. The van der Waals surface area contributed by atoms with Crippen molar-refractivity contribution in [2.75, 3.05) is 19.7 Å². The van der Waals surface area contributed by atoms with Crippen LogP contribution in [0.3, 0.4) is 0 Å². The molecule has 0 radical (unpaired) electrons. The fraction of sp³-hybridized carbons (Fsp3) is 0.545. The molecule has 1 amide bonds. The minimum atomic E-state index is -0.0840. The third-order valence-corrected chi connectivity index (χ3v) is 3.76. The SMILES string of the molecule is O=C(c1cc(Cl)c(Cl)[nH]1)N1CCC(CCO)C1. The summed E-state index contributed by atoms with van der Waals surface area (Å²) in [7, 11) is 0. The molecule has 0 aliphatic carbocycles. The van der Waals surface area contributed by atoms with E-state index in [9.17, 15) is 4.79 Å². The van der Waals surface area contributed by atoms with Gasteiger partial charge in [0.15, 0.2) is 0 Å². The highest BCUT2D eigenvalue weighted by Crippen LogP contribution is 2.25. The number of hydrogen-bond acceptors (Lipinski definition) is 2. The smallest absolute Gasteiger partial charge is 0.270 e. The molecular formula is C11H14Cl2N2O2.